The van der Waals surface area contributed by atoms with Crippen LogP contribution >= 0.6 is 0 Å². The molecule has 0 radical (unpaired) electrons. The molecule has 0 aliphatic carbocycles. The first-order valence-corrected chi connectivity index (χ1v) is 13.0. The summed E-state index contributed by atoms with van der Waals surface area (Å²) >= 11 is 0. The summed E-state index contributed by atoms with van der Waals surface area (Å²) in [5.41, 5.74) is -0.671. The molecule has 0 saturated carbocycles. The first-order valence-electron chi connectivity index (χ1n) is 13.0. The van der Waals surface area contributed by atoms with E-state index < -0.39 is 29.8 Å². The minimum absolute atomic E-state index is 0.0130. The maximum Gasteiger partial charge on any atom is 0.410 e. The highest BCUT2D eigenvalue weighted by Gasteiger charge is 2.35. The van der Waals surface area contributed by atoms with Gasteiger partial charge in [0.1, 0.15) is 18.2 Å². The standard InChI is InChI=1S/C28H46N2O7/c1-21(19-32)7-6-8-22(2)25(20-33)23(3)9-10-26(28(4,36)13-11-24(34)12-18-31)37-27(35)30-16-14-29(5)15-17-30/h6-10,18,20-21,23-26,32,34,36H,11-17,19H2,1-5H3/b7-6+,10-9+,22-8+/t21-,23+,24+,25-,26+,28+/m1/s1. The van der Waals surface area contributed by atoms with Crippen LogP contribution in [-0.2, 0) is 14.3 Å². The van der Waals surface area contributed by atoms with Gasteiger partial charge in [-0.1, -0.05) is 43.7 Å². The minimum Gasteiger partial charge on any atom is -0.439 e. The molecular weight excluding hydrogens is 476 g/mol. The van der Waals surface area contributed by atoms with Crippen molar-refractivity contribution in [3.05, 3.63) is 36.0 Å². The molecule has 1 amide bonds. The number of likely N-dealkylation sites (N-methyl/N-ethyl adjacent to an activating group) is 1. The Morgan fingerprint density at radius 3 is 2.32 bits per heavy atom. The van der Waals surface area contributed by atoms with Gasteiger partial charge in [0.25, 0.3) is 0 Å². The van der Waals surface area contributed by atoms with Crippen molar-refractivity contribution in [1.29, 1.82) is 0 Å². The lowest BCUT2D eigenvalue weighted by Gasteiger charge is -2.36. The number of rotatable bonds is 15. The van der Waals surface area contributed by atoms with Crippen LogP contribution in [0.25, 0.3) is 0 Å². The number of aliphatic hydroxyl groups is 3. The van der Waals surface area contributed by atoms with Gasteiger partial charge in [0.2, 0.25) is 0 Å². The third-order valence-electron chi connectivity index (χ3n) is 6.87. The second kappa shape index (κ2) is 16.5. The molecule has 37 heavy (non-hydrogen) atoms. The van der Waals surface area contributed by atoms with Gasteiger partial charge in [0.05, 0.1) is 6.10 Å². The Kier molecular flexibility index (Phi) is 14.6. The normalized spacial score (nSPS) is 21.3. The third kappa shape index (κ3) is 11.7. The Morgan fingerprint density at radius 2 is 1.76 bits per heavy atom. The lowest BCUT2D eigenvalue weighted by atomic mass is 9.86. The van der Waals surface area contributed by atoms with Crippen molar-refractivity contribution in [1.82, 2.24) is 9.80 Å². The highest BCUT2D eigenvalue weighted by molar-refractivity contribution is 5.68. The van der Waals surface area contributed by atoms with Gasteiger partial charge in [-0.05, 0) is 51.6 Å². The molecule has 3 N–H and O–H groups in total. The van der Waals surface area contributed by atoms with E-state index in [9.17, 15) is 24.6 Å². The van der Waals surface area contributed by atoms with Gasteiger partial charge in [-0.25, -0.2) is 4.79 Å². The predicted molar refractivity (Wildman–Crippen MR) is 143 cm³/mol. The smallest absolute Gasteiger partial charge is 0.410 e. The topological polar surface area (TPSA) is 128 Å². The Bertz CT molecular complexity index is 800. The number of carbonyl (C=O) groups is 3. The third-order valence-corrected chi connectivity index (χ3v) is 6.87. The van der Waals surface area contributed by atoms with E-state index in [0.717, 1.165) is 24.9 Å². The molecule has 9 nitrogen and oxygen atoms in total. The largest absolute Gasteiger partial charge is 0.439 e. The van der Waals surface area contributed by atoms with Crippen LogP contribution in [0.4, 0.5) is 4.79 Å². The maximum atomic E-state index is 12.9. The van der Waals surface area contributed by atoms with E-state index in [4.69, 9.17) is 9.84 Å². The highest BCUT2D eigenvalue weighted by atomic mass is 16.6. The number of carbonyl (C=O) groups excluding carboxylic acids is 3. The summed E-state index contributed by atoms with van der Waals surface area (Å²) in [6.45, 7) is 9.66. The zero-order valence-corrected chi connectivity index (χ0v) is 23.0. The molecule has 0 aromatic rings. The summed E-state index contributed by atoms with van der Waals surface area (Å²) in [6, 6.07) is 0. The molecule has 1 aliphatic rings. The Balaban J connectivity index is 3.06. The van der Waals surface area contributed by atoms with Crippen LogP contribution in [0.5, 0.6) is 0 Å². The number of piperazine rings is 1. The number of nitrogens with zero attached hydrogens (tertiary/aromatic N) is 2. The van der Waals surface area contributed by atoms with E-state index in [-0.39, 0.29) is 37.7 Å². The molecule has 1 saturated heterocycles. The van der Waals surface area contributed by atoms with Crippen molar-refractivity contribution in [3.63, 3.8) is 0 Å². The lowest BCUT2D eigenvalue weighted by molar-refractivity contribution is -0.111. The van der Waals surface area contributed by atoms with Gasteiger partial charge in [-0.15, -0.1) is 0 Å². The number of allylic oxidation sites excluding steroid dienone is 4. The van der Waals surface area contributed by atoms with E-state index in [1.807, 2.05) is 46.0 Å². The van der Waals surface area contributed by atoms with E-state index in [0.29, 0.717) is 19.4 Å². The fraction of sp³-hybridized carbons (Fsp3) is 0.679. The first-order chi connectivity index (χ1) is 17.4. The van der Waals surface area contributed by atoms with Gasteiger partial charge in [-0.2, -0.15) is 0 Å². The Hall–Kier alpha value is -2.33. The van der Waals surface area contributed by atoms with E-state index in [1.165, 1.54) is 6.92 Å². The molecule has 0 aromatic heterocycles. The molecule has 1 heterocycles. The molecular formula is C28H46N2O7. The highest BCUT2D eigenvalue weighted by Crippen LogP contribution is 2.26. The van der Waals surface area contributed by atoms with Crippen LogP contribution in [-0.4, -0.2) is 101 Å². The van der Waals surface area contributed by atoms with Crippen molar-refractivity contribution in [2.45, 2.75) is 64.8 Å². The predicted octanol–water partition coefficient (Wildman–Crippen LogP) is 2.36. The summed E-state index contributed by atoms with van der Waals surface area (Å²) in [5.74, 6) is -0.670. The van der Waals surface area contributed by atoms with Crippen molar-refractivity contribution in [2.75, 3.05) is 39.8 Å². The van der Waals surface area contributed by atoms with Crippen LogP contribution in [0.3, 0.4) is 0 Å². The second-order valence-electron chi connectivity index (χ2n) is 10.4. The van der Waals surface area contributed by atoms with Gasteiger partial charge in [0.15, 0.2) is 6.10 Å². The number of amides is 1. The van der Waals surface area contributed by atoms with Crippen LogP contribution in [0.15, 0.2) is 36.0 Å². The average molecular weight is 523 g/mol. The fourth-order valence-electron chi connectivity index (χ4n) is 3.99. The summed E-state index contributed by atoms with van der Waals surface area (Å²) in [5, 5.41) is 30.3. The van der Waals surface area contributed by atoms with Gasteiger partial charge in [0, 0.05) is 45.1 Å². The quantitative estimate of drug-likeness (QED) is 0.170. The van der Waals surface area contributed by atoms with Crippen LogP contribution in [0.2, 0.25) is 0 Å². The number of hydrogen-bond acceptors (Lipinski definition) is 8. The molecule has 6 atom stereocenters. The SMILES string of the molecule is C/C(=C\C=C\[C@@H](C)CO)[C@@H](C=O)[C@@H](C)/C=C/[C@H](OC(=O)N1CCN(C)CC1)[C@@](C)(O)CC[C@H](O)CC=O. The summed E-state index contributed by atoms with van der Waals surface area (Å²) in [7, 11) is 1.98. The molecule has 0 unspecified atom stereocenters. The molecule has 0 spiro atoms. The second-order valence-corrected chi connectivity index (χ2v) is 10.4. The fourth-order valence-corrected chi connectivity index (χ4v) is 3.99. The van der Waals surface area contributed by atoms with Gasteiger partial charge < -0.3 is 39.4 Å². The van der Waals surface area contributed by atoms with Gasteiger partial charge >= 0.3 is 6.09 Å². The Morgan fingerprint density at radius 1 is 1.11 bits per heavy atom. The maximum absolute atomic E-state index is 12.9. The number of aliphatic hydroxyl groups excluding tert-OH is 2. The van der Waals surface area contributed by atoms with E-state index >= 15 is 0 Å². The molecule has 1 rings (SSSR count). The molecule has 1 fully saturated rings. The molecule has 1 aliphatic heterocycles. The van der Waals surface area contributed by atoms with Crippen molar-refractivity contribution < 1.29 is 34.4 Å². The van der Waals surface area contributed by atoms with Crippen LogP contribution < -0.4 is 0 Å². The molecule has 0 aromatic carbocycles. The monoisotopic (exact) mass is 522 g/mol. The van der Waals surface area contributed by atoms with Crippen LogP contribution in [0, 0.1) is 17.8 Å². The summed E-state index contributed by atoms with van der Waals surface area (Å²) in [6.07, 6.45) is 8.15. The number of ether oxygens (including phenoxy) is 1. The summed E-state index contributed by atoms with van der Waals surface area (Å²) in [4.78, 5) is 39.2. The zero-order valence-electron chi connectivity index (χ0n) is 23.0. The lowest BCUT2D eigenvalue weighted by Crippen LogP contribution is -2.50. The minimum atomic E-state index is -1.51. The molecule has 0 bridgehead atoms. The zero-order chi connectivity index (χ0) is 28.0. The van der Waals surface area contributed by atoms with E-state index in [2.05, 4.69) is 4.90 Å². The van der Waals surface area contributed by atoms with Crippen molar-refractivity contribution in [2.24, 2.45) is 17.8 Å². The molecule has 210 valence electrons. The van der Waals surface area contributed by atoms with Crippen LogP contribution in [0.1, 0.15) is 47.0 Å². The van der Waals surface area contributed by atoms with Crippen molar-refractivity contribution in [3.8, 4) is 0 Å². The van der Waals surface area contributed by atoms with Gasteiger partial charge in [-0.3, -0.25) is 0 Å². The van der Waals surface area contributed by atoms with Crippen molar-refractivity contribution >= 4 is 18.7 Å². The Labute approximate surface area is 221 Å². The average Bonchev–Trinajstić information content (AvgIpc) is 2.86. The number of aldehydes is 2. The number of hydrogen-bond donors (Lipinski definition) is 3. The van der Waals surface area contributed by atoms with E-state index in [1.54, 1.807) is 17.1 Å². The molecule has 9 heteroatoms. The first kappa shape index (κ1) is 32.7. The summed E-state index contributed by atoms with van der Waals surface area (Å²) < 4.78 is 5.75.